The molecule has 0 radical (unpaired) electrons. The van der Waals surface area contributed by atoms with Crippen LogP contribution in [0, 0.1) is 6.92 Å². The predicted octanol–water partition coefficient (Wildman–Crippen LogP) is 3.08. The van der Waals surface area contributed by atoms with Crippen LogP contribution in [0.2, 0.25) is 0 Å². The second-order valence-corrected chi connectivity index (χ2v) is 5.17. The lowest BCUT2D eigenvalue weighted by Crippen LogP contribution is -2.01. The van der Waals surface area contributed by atoms with E-state index in [-0.39, 0.29) is 0 Å². The van der Waals surface area contributed by atoms with Gasteiger partial charge in [-0.15, -0.1) is 16.9 Å². The third-order valence-electron chi connectivity index (χ3n) is 2.49. The Labute approximate surface area is 111 Å². The van der Waals surface area contributed by atoms with Gasteiger partial charge in [0.25, 0.3) is 0 Å². The zero-order valence-electron chi connectivity index (χ0n) is 10.6. The minimum absolute atomic E-state index is 0.460. The molecule has 0 aliphatic carbocycles. The van der Waals surface area contributed by atoms with Crippen molar-refractivity contribution in [3.8, 4) is 11.6 Å². The number of aromatic amines is 1. The van der Waals surface area contributed by atoms with Crippen LogP contribution in [0.15, 0.2) is 29.2 Å². The monoisotopic (exact) mass is 263 g/mol. The van der Waals surface area contributed by atoms with Crippen LogP contribution in [0.4, 0.5) is 0 Å². The van der Waals surface area contributed by atoms with Crippen molar-refractivity contribution in [2.75, 3.05) is 5.75 Å². The van der Waals surface area contributed by atoms with E-state index < -0.39 is 0 Å². The number of aryl methyl sites for hydroxylation is 1. The van der Waals surface area contributed by atoms with E-state index in [4.69, 9.17) is 10.5 Å². The molecule has 0 aliphatic heterocycles. The molecular formula is C13H17N3OS. The highest BCUT2D eigenvalue weighted by molar-refractivity contribution is 7.99. The highest BCUT2D eigenvalue weighted by Crippen LogP contribution is 2.32. The van der Waals surface area contributed by atoms with Crippen molar-refractivity contribution in [3.05, 3.63) is 35.5 Å². The number of thioether (sulfide) groups is 1. The molecule has 0 spiro atoms. The molecule has 3 N–H and O–H groups in total. The molecule has 1 aromatic carbocycles. The molecule has 0 amide bonds. The molecule has 18 heavy (non-hydrogen) atoms. The molecule has 0 aliphatic rings. The van der Waals surface area contributed by atoms with Crippen LogP contribution in [0.5, 0.6) is 11.6 Å². The van der Waals surface area contributed by atoms with E-state index in [1.807, 2.05) is 25.1 Å². The zero-order chi connectivity index (χ0) is 13.0. The molecule has 96 valence electrons. The van der Waals surface area contributed by atoms with Gasteiger partial charge in [0.15, 0.2) is 0 Å². The fraction of sp³-hybridized carbons (Fsp3) is 0.308. The fourth-order valence-corrected chi connectivity index (χ4v) is 2.53. The predicted molar refractivity (Wildman–Crippen MR) is 74.1 cm³/mol. The molecule has 1 heterocycles. The normalized spacial score (nSPS) is 10.6. The quantitative estimate of drug-likeness (QED) is 0.814. The second-order valence-electron chi connectivity index (χ2n) is 3.86. The van der Waals surface area contributed by atoms with Crippen molar-refractivity contribution >= 4 is 11.8 Å². The van der Waals surface area contributed by atoms with Gasteiger partial charge in [0.2, 0.25) is 5.88 Å². The standard InChI is InChI=1S/C13H17N3OS/c1-3-18-12-6-4-5-11(10(12)8-14)17-13-7-9(2)15-16-13/h4-7H,3,8,14H2,1-2H3,(H,15,16). The van der Waals surface area contributed by atoms with Crippen LogP contribution in [0.1, 0.15) is 18.2 Å². The number of nitrogens with one attached hydrogen (secondary N) is 1. The number of aromatic nitrogens is 2. The van der Waals surface area contributed by atoms with Crippen molar-refractivity contribution in [1.82, 2.24) is 10.2 Å². The summed E-state index contributed by atoms with van der Waals surface area (Å²) in [5.41, 5.74) is 7.82. The third kappa shape index (κ3) is 2.86. The molecule has 0 saturated heterocycles. The van der Waals surface area contributed by atoms with Crippen molar-refractivity contribution in [3.63, 3.8) is 0 Å². The van der Waals surface area contributed by atoms with Gasteiger partial charge >= 0.3 is 0 Å². The Bertz CT molecular complexity index is 525. The highest BCUT2D eigenvalue weighted by Gasteiger charge is 2.10. The van der Waals surface area contributed by atoms with Gasteiger partial charge in [0.05, 0.1) is 0 Å². The summed E-state index contributed by atoms with van der Waals surface area (Å²) < 4.78 is 5.77. The van der Waals surface area contributed by atoms with Crippen LogP contribution in [-0.2, 0) is 6.54 Å². The van der Waals surface area contributed by atoms with E-state index in [2.05, 4.69) is 23.2 Å². The lowest BCUT2D eigenvalue weighted by molar-refractivity contribution is 0.454. The van der Waals surface area contributed by atoms with Gasteiger partial charge in [-0.05, 0) is 24.8 Å². The van der Waals surface area contributed by atoms with Gasteiger partial charge in [-0.2, -0.15) is 0 Å². The van der Waals surface area contributed by atoms with Crippen molar-refractivity contribution in [2.24, 2.45) is 5.73 Å². The Morgan fingerprint density at radius 1 is 1.44 bits per heavy atom. The summed E-state index contributed by atoms with van der Waals surface area (Å²) in [6.45, 7) is 4.52. The molecule has 0 unspecified atom stereocenters. The van der Waals surface area contributed by atoms with Gasteiger partial charge < -0.3 is 10.5 Å². The number of benzene rings is 1. The van der Waals surface area contributed by atoms with Crippen LogP contribution in [-0.4, -0.2) is 16.0 Å². The van der Waals surface area contributed by atoms with Crippen LogP contribution in [0.25, 0.3) is 0 Å². The van der Waals surface area contributed by atoms with E-state index in [0.29, 0.717) is 12.4 Å². The smallest absolute Gasteiger partial charge is 0.238 e. The molecule has 0 bridgehead atoms. The first kappa shape index (κ1) is 13.0. The van der Waals surface area contributed by atoms with E-state index in [0.717, 1.165) is 22.8 Å². The summed E-state index contributed by atoms with van der Waals surface area (Å²) in [4.78, 5) is 1.17. The number of nitrogens with zero attached hydrogens (tertiary/aromatic N) is 1. The Morgan fingerprint density at radius 2 is 2.28 bits per heavy atom. The van der Waals surface area contributed by atoms with Gasteiger partial charge in [-0.3, -0.25) is 5.10 Å². The van der Waals surface area contributed by atoms with Crippen molar-refractivity contribution in [1.29, 1.82) is 0 Å². The molecule has 2 aromatic rings. The minimum atomic E-state index is 0.460. The largest absolute Gasteiger partial charge is 0.437 e. The second kappa shape index (κ2) is 5.93. The Morgan fingerprint density at radius 3 is 2.89 bits per heavy atom. The van der Waals surface area contributed by atoms with E-state index in [1.54, 1.807) is 11.8 Å². The maximum absolute atomic E-state index is 5.82. The first-order chi connectivity index (χ1) is 8.74. The van der Waals surface area contributed by atoms with E-state index in [1.165, 1.54) is 4.90 Å². The van der Waals surface area contributed by atoms with E-state index >= 15 is 0 Å². The summed E-state index contributed by atoms with van der Waals surface area (Å²) in [6, 6.07) is 7.83. The van der Waals surface area contributed by atoms with Crippen LogP contribution >= 0.6 is 11.8 Å². The van der Waals surface area contributed by atoms with Gasteiger partial charge in [-0.1, -0.05) is 13.0 Å². The van der Waals surface area contributed by atoms with Crippen molar-refractivity contribution < 1.29 is 4.74 Å². The minimum Gasteiger partial charge on any atom is -0.437 e. The Balaban J connectivity index is 2.29. The molecule has 1 aromatic heterocycles. The molecule has 2 rings (SSSR count). The summed E-state index contributed by atoms with van der Waals surface area (Å²) in [7, 11) is 0. The average Bonchev–Trinajstić information content (AvgIpc) is 2.76. The average molecular weight is 263 g/mol. The summed E-state index contributed by atoms with van der Waals surface area (Å²) >= 11 is 1.77. The van der Waals surface area contributed by atoms with Gasteiger partial charge in [0, 0.05) is 28.8 Å². The zero-order valence-corrected chi connectivity index (χ0v) is 11.4. The molecule has 4 nitrogen and oxygen atoms in total. The first-order valence-electron chi connectivity index (χ1n) is 5.89. The van der Waals surface area contributed by atoms with Gasteiger partial charge in [-0.25, -0.2) is 0 Å². The first-order valence-corrected chi connectivity index (χ1v) is 6.87. The Hall–Kier alpha value is -1.46. The number of ether oxygens (including phenoxy) is 1. The number of H-pyrrole nitrogens is 1. The summed E-state index contributed by atoms with van der Waals surface area (Å²) in [6.07, 6.45) is 0. The maximum Gasteiger partial charge on any atom is 0.238 e. The SMILES string of the molecule is CCSc1cccc(Oc2cc(C)[nH]n2)c1CN. The van der Waals surface area contributed by atoms with Crippen LogP contribution < -0.4 is 10.5 Å². The van der Waals surface area contributed by atoms with Crippen molar-refractivity contribution in [2.45, 2.75) is 25.3 Å². The van der Waals surface area contributed by atoms with E-state index in [9.17, 15) is 0 Å². The molecular weight excluding hydrogens is 246 g/mol. The lowest BCUT2D eigenvalue weighted by Gasteiger charge is -2.11. The molecule has 0 atom stereocenters. The number of nitrogens with two attached hydrogens (primary N) is 1. The summed E-state index contributed by atoms with van der Waals surface area (Å²) in [5.74, 6) is 2.36. The molecule has 5 heteroatoms. The van der Waals surface area contributed by atoms with Crippen LogP contribution in [0.3, 0.4) is 0 Å². The summed E-state index contributed by atoms with van der Waals surface area (Å²) in [5, 5.41) is 6.92. The highest BCUT2D eigenvalue weighted by atomic mass is 32.2. The maximum atomic E-state index is 5.82. The number of hydrogen-bond acceptors (Lipinski definition) is 4. The Kier molecular flexibility index (Phi) is 4.28. The number of hydrogen-bond donors (Lipinski definition) is 2. The number of rotatable bonds is 5. The third-order valence-corrected chi connectivity index (χ3v) is 3.47. The fourth-order valence-electron chi connectivity index (χ4n) is 1.69. The topological polar surface area (TPSA) is 63.9 Å². The molecule has 0 fully saturated rings. The van der Waals surface area contributed by atoms with Gasteiger partial charge in [0.1, 0.15) is 5.75 Å². The molecule has 0 saturated carbocycles. The lowest BCUT2D eigenvalue weighted by atomic mass is 10.2.